The van der Waals surface area contributed by atoms with Gasteiger partial charge in [-0.2, -0.15) is 0 Å². The maximum Gasteiger partial charge on any atom is 0.160 e. The molecule has 15 atom stereocenters. The molecular formula is C58H71N3O8. The zero-order chi connectivity index (χ0) is 47.8. The highest BCUT2D eigenvalue weighted by Gasteiger charge is 2.65. The van der Waals surface area contributed by atoms with Gasteiger partial charge < -0.3 is 46.6 Å². The van der Waals surface area contributed by atoms with E-state index in [2.05, 4.69) is 58.9 Å². The summed E-state index contributed by atoms with van der Waals surface area (Å²) in [6, 6.07) is 18.0. The highest BCUT2D eigenvalue weighted by atomic mass is 16.5. The number of benzene rings is 3. The summed E-state index contributed by atoms with van der Waals surface area (Å²) >= 11 is 0. The molecule has 69 heavy (non-hydrogen) atoms. The number of aliphatic hydroxyl groups excluding tert-OH is 4. The number of nitrogens with one attached hydrogen (secondary N) is 2. The second kappa shape index (κ2) is 18.5. The van der Waals surface area contributed by atoms with Crippen LogP contribution in [0.1, 0.15) is 118 Å². The number of aryl methyl sites for hydroxylation is 1. The van der Waals surface area contributed by atoms with Crippen molar-refractivity contribution in [3.05, 3.63) is 94.8 Å². The Hall–Kier alpha value is -4.70. The van der Waals surface area contributed by atoms with Crippen molar-refractivity contribution in [3.8, 4) is 23.3 Å². The Bertz CT molecular complexity index is 2610. The van der Waals surface area contributed by atoms with Gasteiger partial charge in [-0.25, -0.2) is 0 Å². The second-order valence-corrected chi connectivity index (χ2v) is 22.7. The number of allylic oxidation sites excluding steroid dienone is 2. The molecule has 15 unspecified atom stereocenters. The Morgan fingerprint density at radius 1 is 0.899 bits per heavy atom. The number of phenolic OH excluding ortho intramolecular Hbond substituents is 1. The number of hydrogen-bond donors (Lipinski definition) is 8. The van der Waals surface area contributed by atoms with E-state index in [4.69, 9.17) is 10.5 Å². The van der Waals surface area contributed by atoms with Crippen LogP contribution in [0.15, 0.2) is 78.1 Å². The zero-order valence-electron chi connectivity index (χ0n) is 40.0. The number of dihydropyridines is 1. The highest BCUT2D eigenvalue weighted by molar-refractivity contribution is 5.89. The van der Waals surface area contributed by atoms with Gasteiger partial charge in [-0.3, -0.25) is 9.59 Å². The average molecular weight is 938 g/mol. The van der Waals surface area contributed by atoms with Gasteiger partial charge in [0.2, 0.25) is 0 Å². The van der Waals surface area contributed by atoms with E-state index in [1.165, 1.54) is 20.0 Å². The minimum Gasteiger partial charge on any atom is -0.504 e. The lowest BCUT2D eigenvalue weighted by Gasteiger charge is -2.66. The summed E-state index contributed by atoms with van der Waals surface area (Å²) in [5, 5.41) is 69.0. The van der Waals surface area contributed by atoms with E-state index in [9.17, 15) is 35.1 Å². The molecule has 11 heteroatoms. The first-order chi connectivity index (χ1) is 33.4. The van der Waals surface area contributed by atoms with Crippen molar-refractivity contribution >= 4 is 22.3 Å². The number of Topliss-reactive ketones (excluding diaryl/α,β-unsaturated/α-hetero) is 2. The Morgan fingerprint density at radius 2 is 1.71 bits per heavy atom. The molecule has 5 saturated carbocycles. The topological polar surface area (TPSA) is 195 Å². The fraction of sp³-hybridized carbons (Fsp3) is 0.586. The fourth-order valence-electron chi connectivity index (χ4n) is 16.3. The number of methoxy groups -OCH3 is 1. The maximum atomic E-state index is 14.8. The van der Waals surface area contributed by atoms with Crippen LogP contribution in [0.25, 0.3) is 10.8 Å². The molecule has 11 rings (SSSR count). The second-order valence-electron chi connectivity index (χ2n) is 22.7. The third-order valence-electron chi connectivity index (χ3n) is 19.4. The van der Waals surface area contributed by atoms with Crippen molar-refractivity contribution in [2.45, 2.75) is 139 Å². The number of rotatable bonds is 9. The minimum absolute atomic E-state index is 0.0285. The van der Waals surface area contributed by atoms with Crippen molar-refractivity contribution in [1.29, 1.82) is 0 Å². The van der Waals surface area contributed by atoms with E-state index >= 15 is 0 Å². The Kier molecular flexibility index (Phi) is 12.5. The fourth-order valence-corrected chi connectivity index (χ4v) is 16.3. The van der Waals surface area contributed by atoms with Crippen LogP contribution in [0.2, 0.25) is 0 Å². The van der Waals surface area contributed by atoms with Crippen LogP contribution in [0.5, 0.6) is 11.5 Å². The zero-order valence-corrected chi connectivity index (χ0v) is 40.0. The van der Waals surface area contributed by atoms with Gasteiger partial charge in [0.1, 0.15) is 11.2 Å². The first kappa shape index (κ1) is 46.7. The smallest absolute Gasteiger partial charge is 0.160 e. The van der Waals surface area contributed by atoms with Crippen LogP contribution in [-0.2, 0) is 16.0 Å². The summed E-state index contributed by atoms with van der Waals surface area (Å²) in [4.78, 5) is 27.6. The highest BCUT2D eigenvalue weighted by Crippen LogP contribution is 2.68. The number of carbonyl (C=O) groups excluding carboxylic acids is 2. The molecule has 2 heterocycles. The van der Waals surface area contributed by atoms with Crippen LogP contribution >= 0.6 is 0 Å². The SMILES string of the molecule is COc1cc2c(cc1O)C(CC(O)C(O)CC(C1=CCNC(N)=C1)c1ccc3ccccc3c1)C#CC1(CCC(C3CC4C(O)CC5CC(=O)CC6NCC(C4C56)C34CCCC4)CC1O)C(=O)CC2. The lowest BCUT2D eigenvalue weighted by Crippen LogP contribution is -2.68. The number of phenols is 1. The minimum atomic E-state index is -1.31. The number of hydrogen-bond acceptors (Lipinski definition) is 11. The number of ketones is 2. The van der Waals surface area contributed by atoms with Crippen molar-refractivity contribution in [3.63, 3.8) is 0 Å². The van der Waals surface area contributed by atoms with Gasteiger partial charge in [0, 0.05) is 43.7 Å². The van der Waals surface area contributed by atoms with Crippen LogP contribution in [0.4, 0.5) is 0 Å². The van der Waals surface area contributed by atoms with Crippen molar-refractivity contribution in [1.82, 2.24) is 10.6 Å². The van der Waals surface area contributed by atoms with E-state index < -0.39 is 35.7 Å². The van der Waals surface area contributed by atoms with E-state index in [1.54, 1.807) is 12.1 Å². The molecule has 2 aliphatic heterocycles. The largest absolute Gasteiger partial charge is 0.504 e. The molecule has 3 aromatic rings. The van der Waals surface area contributed by atoms with Crippen LogP contribution in [0, 0.1) is 64.1 Å². The number of ether oxygens (including phenoxy) is 1. The van der Waals surface area contributed by atoms with Gasteiger partial charge in [-0.05, 0) is 169 Å². The molecule has 0 bridgehead atoms. The molecule has 0 radical (unpaired) electrons. The van der Waals surface area contributed by atoms with Gasteiger partial charge in [0.05, 0.1) is 37.3 Å². The number of piperidine rings is 1. The quantitative estimate of drug-likeness (QED) is 0.107. The van der Waals surface area contributed by atoms with Gasteiger partial charge in [0.15, 0.2) is 17.3 Å². The molecule has 2 spiro atoms. The molecule has 9 N–H and O–H groups in total. The lowest BCUT2D eigenvalue weighted by atomic mass is 9.41. The molecule has 6 fully saturated rings. The molecule has 0 aromatic heterocycles. The summed E-state index contributed by atoms with van der Waals surface area (Å²) < 4.78 is 5.54. The standard InChI is InChI=1S/C58H71N3O8/c1-69-51-24-35-10-11-52(67)58(18-13-38(25-53(58)68)44-28-43-47(63)23-39-21-40(62)27-46-55(39)56(43)45(31-61-46)57(44)15-4-5-16-57)17-12-36(42(35)30-50(51)66)22-48(64)49(65)29-41(37-14-19-60-54(59)26-37)34-9-8-32-6-2-3-7-33(32)20-34/h2-3,6-9,14,20,24,26,30,36,38-39,41,43-49,53,55-56,60-61,63-66,68H,4-5,10-11,13,15-16,18-19,21-23,25,27-29,31,59H2,1H3. The number of fused-ring (bicyclic) bond motifs is 3. The van der Waals surface area contributed by atoms with E-state index in [-0.39, 0.29) is 71.7 Å². The molecule has 6 aliphatic carbocycles. The Labute approximate surface area is 406 Å². The summed E-state index contributed by atoms with van der Waals surface area (Å²) in [7, 11) is 1.49. The van der Waals surface area contributed by atoms with E-state index in [0.717, 1.165) is 59.7 Å². The molecule has 0 amide bonds. The monoisotopic (exact) mass is 938 g/mol. The van der Waals surface area contributed by atoms with Gasteiger partial charge in [-0.15, -0.1) is 0 Å². The number of aliphatic hydroxyl groups is 4. The Morgan fingerprint density at radius 3 is 2.49 bits per heavy atom. The van der Waals surface area contributed by atoms with Gasteiger partial charge in [-0.1, -0.05) is 73.2 Å². The van der Waals surface area contributed by atoms with Crippen molar-refractivity contribution in [2.24, 2.45) is 58.0 Å². The maximum absolute atomic E-state index is 14.8. The first-order valence-corrected chi connectivity index (χ1v) is 26.2. The average Bonchev–Trinajstić information content (AvgIpc) is 3.84. The predicted octanol–water partition coefficient (Wildman–Crippen LogP) is 6.68. The first-order valence-electron chi connectivity index (χ1n) is 26.2. The van der Waals surface area contributed by atoms with Gasteiger partial charge in [0.25, 0.3) is 0 Å². The van der Waals surface area contributed by atoms with Crippen LogP contribution in [-0.4, -0.2) is 87.8 Å². The Balaban J connectivity index is 0.881. The molecule has 11 nitrogen and oxygen atoms in total. The predicted molar refractivity (Wildman–Crippen MR) is 264 cm³/mol. The molecule has 366 valence electrons. The molecule has 3 aromatic carbocycles. The van der Waals surface area contributed by atoms with Crippen molar-refractivity contribution < 1.29 is 39.9 Å². The molecule has 1 saturated heterocycles. The van der Waals surface area contributed by atoms with Gasteiger partial charge >= 0.3 is 0 Å². The lowest BCUT2D eigenvalue weighted by molar-refractivity contribution is -0.189. The van der Waals surface area contributed by atoms with E-state index in [0.29, 0.717) is 85.9 Å². The van der Waals surface area contributed by atoms with Crippen LogP contribution in [0.3, 0.4) is 0 Å². The third-order valence-corrected chi connectivity index (χ3v) is 19.4. The molecular weight excluding hydrogens is 867 g/mol. The number of carbonyl (C=O) groups is 2. The number of nitrogens with two attached hydrogens (primary N) is 1. The summed E-state index contributed by atoms with van der Waals surface area (Å²) in [5.74, 6) is 9.01. The van der Waals surface area contributed by atoms with Crippen LogP contribution < -0.4 is 21.1 Å². The van der Waals surface area contributed by atoms with E-state index in [1.807, 2.05) is 18.2 Å². The molecule has 8 aliphatic rings. The van der Waals surface area contributed by atoms with Crippen molar-refractivity contribution in [2.75, 3.05) is 20.2 Å². The third kappa shape index (κ3) is 8.20. The number of aromatic hydroxyl groups is 1. The summed E-state index contributed by atoms with van der Waals surface area (Å²) in [6.45, 7) is 1.42. The normalized spacial score (nSPS) is 36.0. The summed E-state index contributed by atoms with van der Waals surface area (Å²) in [5.41, 5.74) is 8.43. The summed E-state index contributed by atoms with van der Waals surface area (Å²) in [6.07, 6.45) is 9.91.